The predicted molar refractivity (Wildman–Crippen MR) is 135 cm³/mol. The molecule has 0 radical (unpaired) electrons. The highest BCUT2D eigenvalue weighted by molar-refractivity contribution is 5.99. The lowest BCUT2D eigenvalue weighted by atomic mass is 10.1. The van der Waals surface area contributed by atoms with Crippen LogP contribution in [0.5, 0.6) is 0 Å². The molecule has 1 aliphatic heterocycles. The van der Waals surface area contributed by atoms with Crippen LogP contribution in [-0.4, -0.2) is 56.2 Å². The van der Waals surface area contributed by atoms with Crippen molar-refractivity contribution in [3.05, 3.63) is 69.4 Å². The number of carbonyl (C=O) groups is 3. The Morgan fingerprint density at radius 2 is 1.69 bits per heavy atom. The van der Waals surface area contributed by atoms with Gasteiger partial charge in [-0.1, -0.05) is 24.6 Å². The summed E-state index contributed by atoms with van der Waals surface area (Å²) in [7, 11) is 1.82. The second kappa shape index (κ2) is 10.4. The van der Waals surface area contributed by atoms with Gasteiger partial charge in [0.05, 0.1) is 11.4 Å². The predicted octanol–water partition coefficient (Wildman–Crippen LogP) is 3.02. The number of hydrogen-bond donors (Lipinski definition) is 0. The number of carbonyl (C=O) groups excluding carboxylic acids is 3. The van der Waals surface area contributed by atoms with E-state index >= 15 is 0 Å². The normalized spacial score (nSPS) is 14.1. The molecule has 9 heteroatoms. The lowest BCUT2D eigenvalue weighted by Crippen LogP contribution is -2.36. The maximum absolute atomic E-state index is 13.5. The SMILES string of the molecule is Cc1cc(C(=O)COC(=O)CN2CCCCCC2=O)c(C)n1-c1c(C)n(C)n(-c2ccccc2)c1=O. The van der Waals surface area contributed by atoms with Gasteiger partial charge < -0.3 is 14.2 Å². The number of likely N-dealkylation sites (tertiary alicyclic amines) is 1. The van der Waals surface area contributed by atoms with Gasteiger partial charge in [0.1, 0.15) is 12.2 Å². The fraction of sp³-hybridized carbons (Fsp3) is 0.407. The van der Waals surface area contributed by atoms with Crippen LogP contribution in [0.2, 0.25) is 0 Å². The zero-order valence-corrected chi connectivity index (χ0v) is 21.2. The third-order valence-electron chi connectivity index (χ3n) is 6.83. The summed E-state index contributed by atoms with van der Waals surface area (Å²) in [5, 5.41) is 0. The van der Waals surface area contributed by atoms with Gasteiger partial charge in [-0.25, -0.2) is 4.68 Å². The van der Waals surface area contributed by atoms with Crippen LogP contribution in [-0.2, 0) is 21.4 Å². The molecule has 0 N–H and O–H groups in total. The molecule has 0 atom stereocenters. The van der Waals surface area contributed by atoms with E-state index in [4.69, 9.17) is 4.74 Å². The molecule has 1 aromatic carbocycles. The fourth-order valence-electron chi connectivity index (χ4n) is 4.83. The topological polar surface area (TPSA) is 95.5 Å². The van der Waals surface area contributed by atoms with Crippen LogP contribution in [0.3, 0.4) is 0 Å². The molecule has 1 aliphatic rings. The Labute approximate surface area is 209 Å². The summed E-state index contributed by atoms with van der Waals surface area (Å²) in [4.78, 5) is 52.4. The fourth-order valence-corrected chi connectivity index (χ4v) is 4.83. The number of benzene rings is 1. The molecule has 4 rings (SSSR count). The number of Topliss-reactive ketones (excluding diaryl/α,β-unsaturated/α-hetero) is 1. The Bertz CT molecular complexity index is 1360. The van der Waals surface area contributed by atoms with Crippen LogP contribution in [0.25, 0.3) is 11.4 Å². The van der Waals surface area contributed by atoms with Crippen LogP contribution < -0.4 is 5.56 Å². The zero-order chi connectivity index (χ0) is 26.0. The molecule has 190 valence electrons. The van der Waals surface area contributed by atoms with Gasteiger partial charge in [0, 0.05) is 37.0 Å². The van der Waals surface area contributed by atoms with Crippen LogP contribution in [0, 0.1) is 20.8 Å². The first-order valence-electron chi connectivity index (χ1n) is 12.2. The van der Waals surface area contributed by atoms with Crippen molar-refractivity contribution in [1.82, 2.24) is 18.8 Å². The Morgan fingerprint density at radius 1 is 0.972 bits per heavy atom. The molecule has 1 amide bonds. The largest absolute Gasteiger partial charge is 0.456 e. The van der Waals surface area contributed by atoms with Crippen LogP contribution in [0.1, 0.15) is 53.1 Å². The van der Waals surface area contributed by atoms with Crippen molar-refractivity contribution in [2.45, 2.75) is 46.5 Å². The summed E-state index contributed by atoms with van der Waals surface area (Å²) in [6, 6.07) is 11.1. The van der Waals surface area contributed by atoms with Gasteiger partial charge in [-0.2, -0.15) is 0 Å². The third-order valence-corrected chi connectivity index (χ3v) is 6.83. The summed E-state index contributed by atoms with van der Waals surface area (Å²) in [5.41, 5.74) is 3.47. The molecule has 0 unspecified atom stereocenters. The maximum atomic E-state index is 13.5. The number of nitrogens with zero attached hydrogens (tertiary/aromatic N) is 4. The Balaban J connectivity index is 1.54. The van der Waals surface area contributed by atoms with Gasteiger partial charge >= 0.3 is 5.97 Å². The summed E-state index contributed by atoms with van der Waals surface area (Å²) in [5.74, 6) is -1.02. The average Bonchev–Trinajstić information content (AvgIpc) is 3.15. The first kappa shape index (κ1) is 25.2. The summed E-state index contributed by atoms with van der Waals surface area (Å²) >= 11 is 0. The zero-order valence-electron chi connectivity index (χ0n) is 21.2. The van der Waals surface area contributed by atoms with Crippen molar-refractivity contribution >= 4 is 17.7 Å². The summed E-state index contributed by atoms with van der Waals surface area (Å²) in [6.45, 7) is 5.43. The van der Waals surface area contributed by atoms with Gasteiger partial charge in [0.25, 0.3) is 5.56 Å². The number of ether oxygens (including phenoxy) is 1. The van der Waals surface area contributed by atoms with Gasteiger partial charge in [0.15, 0.2) is 6.61 Å². The molecular formula is C27H32N4O5. The highest BCUT2D eigenvalue weighted by Gasteiger charge is 2.25. The van der Waals surface area contributed by atoms with Crippen LogP contribution in [0.4, 0.5) is 0 Å². The molecular weight excluding hydrogens is 460 g/mol. The standard InChI is InChI=1S/C27H32N4O5/c1-18-15-22(23(32)17-36-25(34)16-29-14-10-6-9-13-24(29)33)19(2)30(18)26-20(3)28(4)31(27(26)35)21-11-7-5-8-12-21/h5,7-8,11-12,15H,6,9-10,13-14,16-17H2,1-4H3. The molecule has 0 spiro atoms. The Kier molecular flexibility index (Phi) is 7.28. The van der Waals surface area contributed by atoms with Crippen molar-refractivity contribution in [2.24, 2.45) is 7.05 Å². The van der Waals surface area contributed by atoms with E-state index in [1.807, 2.05) is 51.2 Å². The molecule has 3 heterocycles. The van der Waals surface area contributed by atoms with Crippen LogP contribution >= 0.6 is 0 Å². The number of para-hydroxylation sites is 1. The van der Waals surface area contributed by atoms with Gasteiger partial charge in [-0.3, -0.25) is 23.9 Å². The highest BCUT2D eigenvalue weighted by Crippen LogP contribution is 2.23. The monoisotopic (exact) mass is 492 g/mol. The van der Waals surface area contributed by atoms with E-state index in [1.165, 1.54) is 4.90 Å². The molecule has 0 bridgehead atoms. The minimum atomic E-state index is -0.600. The van der Waals surface area contributed by atoms with Crippen molar-refractivity contribution in [1.29, 1.82) is 0 Å². The first-order chi connectivity index (χ1) is 17.2. The second-order valence-electron chi connectivity index (χ2n) is 9.24. The summed E-state index contributed by atoms with van der Waals surface area (Å²) < 4.78 is 10.4. The third kappa shape index (κ3) is 4.78. The van der Waals surface area contributed by atoms with Gasteiger partial charge in [0.2, 0.25) is 11.7 Å². The lowest BCUT2D eigenvalue weighted by Gasteiger charge is -2.19. The van der Waals surface area contributed by atoms with E-state index in [-0.39, 0.29) is 23.8 Å². The van der Waals surface area contributed by atoms with Crippen molar-refractivity contribution in [3.63, 3.8) is 0 Å². The molecule has 0 aliphatic carbocycles. The Hall–Kier alpha value is -3.88. The molecule has 1 saturated heterocycles. The van der Waals surface area contributed by atoms with Crippen LogP contribution in [0.15, 0.2) is 41.2 Å². The molecule has 36 heavy (non-hydrogen) atoms. The quantitative estimate of drug-likeness (QED) is 0.373. The molecule has 2 aromatic heterocycles. The second-order valence-corrected chi connectivity index (χ2v) is 9.24. The van der Waals surface area contributed by atoms with Crippen molar-refractivity contribution < 1.29 is 19.1 Å². The number of aromatic nitrogens is 3. The number of ketones is 1. The van der Waals surface area contributed by atoms with E-state index in [2.05, 4.69) is 0 Å². The number of esters is 1. The van der Waals surface area contributed by atoms with Gasteiger partial charge in [-0.05, 0) is 51.8 Å². The first-order valence-corrected chi connectivity index (χ1v) is 12.2. The van der Waals surface area contributed by atoms with Gasteiger partial charge in [-0.15, -0.1) is 0 Å². The Morgan fingerprint density at radius 3 is 2.42 bits per heavy atom. The number of amides is 1. The van der Waals surface area contributed by atoms with E-state index in [0.717, 1.165) is 36.3 Å². The van der Waals surface area contributed by atoms with Crippen molar-refractivity contribution in [2.75, 3.05) is 19.7 Å². The van der Waals surface area contributed by atoms with E-state index < -0.39 is 12.6 Å². The number of aryl methyl sites for hydroxylation is 1. The van der Waals surface area contributed by atoms with E-state index in [1.54, 1.807) is 26.9 Å². The smallest absolute Gasteiger partial charge is 0.326 e. The minimum absolute atomic E-state index is 0.0567. The van der Waals surface area contributed by atoms with E-state index in [9.17, 15) is 19.2 Å². The minimum Gasteiger partial charge on any atom is -0.456 e. The molecule has 0 saturated carbocycles. The van der Waals surface area contributed by atoms with Crippen molar-refractivity contribution in [3.8, 4) is 11.4 Å². The molecule has 3 aromatic rings. The summed E-state index contributed by atoms with van der Waals surface area (Å²) in [6.07, 6.45) is 3.08. The number of hydrogen-bond acceptors (Lipinski definition) is 5. The molecule has 9 nitrogen and oxygen atoms in total. The highest BCUT2D eigenvalue weighted by atomic mass is 16.5. The molecule has 1 fully saturated rings. The maximum Gasteiger partial charge on any atom is 0.326 e. The number of rotatable bonds is 7. The average molecular weight is 493 g/mol. The van der Waals surface area contributed by atoms with E-state index in [0.29, 0.717) is 29.9 Å². The lowest BCUT2D eigenvalue weighted by molar-refractivity contribution is -0.148.